The highest BCUT2D eigenvalue weighted by Crippen LogP contribution is 2.28. The van der Waals surface area contributed by atoms with E-state index in [0.29, 0.717) is 0 Å². The third-order valence-corrected chi connectivity index (χ3v) is 2.38. The normalized spacial score (nSPS) is 10.8. The monoisotopic (exact) mass is 282 g/mol. The van der Waals surface area contributed by atoms with Crippen molar-refractivity contribution >= 4 is 23.0 Å². The number of hydrogen-bond donors (Lipinski definition) is 2. The number of benzene rings is 1. The molecular weight excluding hydrogens is 268 g/mol. The summed E-state index contributed by atoms with van der Waals surface area (Å²) in [5.41, 5.74) is 3.12. The molecule has 2 N–H and O–H groups in total. The molecule has 0 aliphatic heterocycles. The van der Waals surface area contributed by atoms with E-state index in [0.717, 1.165) is 12.1 Å². The molecule has 0 fully saturated rings. The highest BCUT2D eigenvalue weighted by Gasteiger charge is 2.23. The Bertz CT molecular complexity index is 564. The quantitative estimate of drug-likeness (QED) is 0.642. The van der Waals surface area contributed by atoms with Gasteiger partial charge >= 0.3 is 5.69 Å². The summed E-state index contributed by atoms with van der Waals surface area (Å²) in [5, 5.41) is 21.4. The van der Waals surface area contributed by atoms with Crippen molar-refractivity contribution in [1.82, 2.24) is 5.43 Å². The molecule has 0 atom stereocenters. The second-order valence-corrected chi connectivity index (χ2v) is 5.04. The van der Waals surface area contributed by atoms with E-state index in [1.54, 1.807) is 20.8 Å². The van der Waals surface area contributed by atoms with Crippen molar-refractivity contribution in [2.75, 3.05) is 5.43 Å². The van der Waals surface area contributed by atoms with Crippen LogP contribution in [0.25, 0.3) is 0 Å². The van der Waals surface area contributed by atoms with Crippen molar-refractivity contribution in [2.45, 2.75) is 20.8 Å². The van der Waals surface area contributed by atoms with E-state index in [1.165, 1.54) is 6.07 Å². The molecule has 0 bridgehead atoms. The van der Waals surface area contributed by atoms with Crippen LogP contribution in [-0.2, 0) is 4.79 Å². The van der Waals surface area contributed by atoms with Crippen LogP contribution in [0.3, 0.4) is 0 Å². The van der Waals surface area contributed by atoms with Gasteiger partial charge in [0, 0.05) is 11.5 Å². The fourth-order valence-electron chi connectivity index (χ4n) is 1.20. The van der Waals surface area contributed by atoms with E-state index in [9.17, 15) is 25.0 Å². The van der Waals surface area contributed by atoms with Gasteiger partial charge in [-0.15, -0.1) is 0 Å². The Kier molecular flexibility index (Phi) is 4.23. The molecule has 0 radical (unpaired) electrons. The maximum Gasteiger partial charge on any atom is 0.300 e. The molecule has 0 aromatic heterocycles. The second-order valence-electron chi connectivity index (χ2n) is 5.04. The standard InChI is InChI=1S/C11H14N4O5/c1-11(2,3)10(16)13-12-8-5-4-7(14(17)18)6-9(8)15(19)20/h4-6,12H,1-3H3,(H,13,16). The van der Waals surface area contributed by atoms with Crippen molar-refractivity contribution < 1.29 is 14.6 Å². The van der Waals surface area contributed by atoms with Gasteiger partial charge < -0.3 is 0 Å². The van der Waals surface area contributed by atoms with Crippen LogP contribution in [0.1, 0.15) is 20.8 Å². The molecule has 9 heteroatoms. The Hall–Kier alpha value is -2.71. The molecule has 0 spiro atoms. The van der Waals surface area contributed by atoms with Crippen LogP contribution in [0, 0.1) is 25.6 Å². The minimum Gasteiger partial charge on any atom is -0.292 e. The molecule has 0 aliphatic carbocycles. The van der Waals surface area contributed by atoms with Crippen molar-refractivity contribution in [3.8, 4) is 0 Å². The van der Waals surface area contributed by atoms with Gasteiger partial charge in [-0.25, -0.2) is 0 Å². The van der Waals surface area contributed by atoms with E-state index in [4.69, 9.17) is 0 Å². The van der Waals surface area contributed by atoms with Gasteiger partial charge in [0.05, 0.1) is 15.9 Å². The van der Waals surface area contributed by atoms with Crippen LogP contribution < -0.4 is 10.9 Å². The van der Waals surface area contributed by atoms with Crippen molar-refractivity contribution in [2.24, 2.45) is 5.41 Å². The third kappa shape index (κ3) is 3.64. The van der Waals surface area contributed by atoms with Crippen molar-refractivity contribution in [3.63, 3.8) is 0 Å². The average molecular weight is 282 g/mol. The topological polar surface area (TPSA) is 127 Å². The summed E-state index contributed by atoms with van der Waals surface area (Å²) in [6, 6.07) is 3.10. The number of carbonyl (C=O) groups is 1. The molecule has 1 amide bonds. The number of hydrazine groups is 1. The van der Waals surface area contributed by atoms with Crippen LogP contribution in [0.2, 0.25) is 0 Å². The molecule has 0 unspecified atom stereocenters. The Labute approximate surface area is 114 Å². The Morgan fingerprint density at radius 1 is 1.15 bits per heavy atom. The van der Waals surface area contributed by atoms with E-state index in [-0.39, 0.29) is 11.6 Å². The lowest BCUT2D eigenvalue weighted by Gasteiger charge is -2.18. The van der Waals surface area contributed by atoms with E-state index >= 15 is 0 Å². The smallest absolute Gasteiger partial charge is 0.292 e. The number of nitro groups is 2. The maximum atomic E-state index is 11.6. The SMILES string of the molecule is CC(C)(C)C(=O)NNc1ccc([N+](=O)[O-])cc1[N+](=O)[O-]. The number of nitro benzene ring substituents is 2. The third-order valence-electron chi connectivity index (χ3n) is 2.38. The largest absolute Gasteiger partial charge is 0.300 e. The highest BCUT2D eigenvalue weighted by atomic mass is 16.6. The lowest BCUT2D eigenvalue weighted by Crippen LogP contribution is -2.38. The molecule has 0 aliphatic rings. The van der Waals surface area contributed by atoms with Gasteiger partial charge in [-0.3, -0.25) is 35.9 Å². The first-order valence-electron chi connectivity index (χ1n) is 5.62. The zero-order chi connectivity index (χ0) is 15.5. The van der Waals surface area contributed by atoms with Crippen LogP contribution in [0.5, 0.6) is 0 Å². The molecule has 1 aromatic rings. The van der Waals surface area contributed by atoms with Gasteiger partial charge in [-0.2, -0.15) is 0 Å². The minimum absolute atomic E-state index is 0.0294. The predicted molar refractivity (Wildman–Crippen MR) is 71.0 cm³/mol. The lowest BCUT2D eigenvalue weighted by molar-refractivity contribution is -0.393. The summed E-state index contributed by atoms with van der Waals surface area (Å²) in [7, 11) is 0. The number of non-ortho nitro benzene ring substituents is 1. The summed E-state index contributed by atoms with van der Waals surface area (Å²) in [4.78, 5) is 31.6. The number of hydrogen-bond acceptors (Lipinski definition) is 6. The maximum absolute atomic E-state index is 11.6. The van der Waals surface area contributed by atoms with Crippen molar-refractivity contribution in [1.29, 1.82) is 0 Å². The molecule has 0 saturated heterocycles. The average Bonchev–Trinajstić information content (AvgIpc) is 2.34. The summed E-state index contributed by atoms with van der Waals surface area (Å²) >= 11 is 0. The van der Waals surface area contributed by atoms with Crippen molar-refractivity contribution in [3.05, 3.63) is 38.4 Å². The Morgan fingerprint density at radius 2 is 1.75 bits per heavy atom. The molecule has 0 heterocycles. The molecule has 20 heavy (non-hydrogen) atoms. The Morgan fingerprint density at radius 3 is 2.20 bits per heavy atom. The summed E-state index contributed by atoms with van der Waals surface area (Å²) in [5.74, 6) is -0.370. The second kappa shape index (κ2) is 5.51. The van der Waals surface area contributed by atoms with E-state index in [1.807, 2.05) is 0 Å². The minimum atomic E-state index is -0.765. The first kappa shape index (κ1) is 15.3. The fourth-order valence-corrected chi connectivity index (χ4v) is 1.20. The van der Waals surface area contributed by atoms with Gasteiger partial charge in [-0.05, 0) is 6.07 Å². The number of nitrogens with one attached hydrogen (secondary N) is 2. The number of amides is 1. The zero-order valence-electron chi connectivity index (χ0n) is 11.2. The first-order chi connectivity index (χ1) is 9.12. The van der Waals surface area contributed by atoms with Gasteiger partial charge in [0.2, 0.25) is 5.91 Å². The summed E-state index contributed by atoms with van der Waals surface area (Å²) < 4.78 is 0. The predicted octanol–water partition coefficient (Wildman–Crippen LogP) is 1.99. The number of anilines is 1. The lowest BCUT2D eigenvalue weighted by atomic mass is 9.96. The molecule has 9 nitrogen and oxygen atoms in total. The van der Waals surface area contributed by atoms with Gasteiger partial charge in [0.25, 0.3) is 5.69 Å². The van der Waals surface area contributed by atoms with Crippen LogP contribution >= 0.6 is 0 Å². The summed E-state index contributed by atoms with van der Waals surface area (Å²) in [6.07, 6.45) is 0. The molecule has 0 saturated carbocycles. The van der Waals surface area contributed by atoms with E-state index in [2.05, 4.69) is 10.9 Å². The zero-order valence-corrected chi connectivity index (χ0v) is 11.2. The number of carbonyl (C=O) groups excluding carboxylic acids is 1. The Balaban J connectivity index is 2.98. The van der Waals surface area contributed by atoms with Gasteiger partial charge in [0.15, 0.2) is 0 Å². The fraction of sp³-hybridized carbons (Fsp3) is 0.364. The molecule has 1 aromatic carbocycles. The number of rotatable bonds is 4. The molecule has 1 rings (SSSR count). The molecule has 108 valence electrons. The van der Waals surface area contributed by atoms with Gasteiger partial charge in [-0.1, -0.05) is 20.8 Å². The molecular formula is C11H14N4O5. The number of nitrogens with zero attached hydrogens (tertiary/aromatic N) is 2. The van der Waals surface area contributed by atoms with Crippen LogP contribution in [-0.4, -0.2) is 15.8 Å². The highest BCUT2D eigenvalue weighted by molar-refractivity contribution is 5.83. The van der Waals surface area contributed by atoms with E-state index < -0.39 is 26.6 Å². The van der Waals surface area contributed by atoms with Crippen LogP contribution in [0.4, 0.5) is 17.1 Å². The first-order valence-corrected chi connectivity index (χ1v) is 5.62. The van der Waals surface area contributed by atoms with Crippen LogP contribution in [0.15, 0.2) is 18.2 Å². The van der Waals surface area contributed by atoms with Gasteiger partial charge in [0.1, 0.15) is 5.69 Å². The summed E-state index contributed by atoms with van der Waals surface area (Å²) in [6.45, 7) is 5.02.